The van der Waals surface area contributed by atoms with E-state index in [0.29, 0.717) is 17.5 Å². The first kappa shape index (κ1) is 26.0. The van der Waals surface area contributed by atoms with E-state index in [1.807, 2.05) is 43.3 Å². The van der Waals surface area contributed by atoms with Gasteiger partial charge < -0.3 is 9.05 Å². The average molecular weight is 530 g/mol. The summed E-state index contributed by atoms with van der Waals surface area (Å²) in [6, 6.07) is 15.3. The van der Waals surface area contributed by atoms with Crippen molar-refractivity contribution in [2.45, 2.75) is 32.1 Å². The summed E-state index contributed by atoms with van der Waals surface area (Å²) in [5.74, 6) is 0. The SMILES string of the molecule is CCOP(=O)(CN(c1c(CC)ccc2ccccc12)S(=O)(=O)c1cc(Cl)cc(Cl)c1)OCC. The fraction of sp³-hybridized carbons (Fsp3) is 0.304. The fourth-order valence-electron chi connectivity index (χ4n) is 3.62. The summed E-state index contributed by atoms with van der Waals surface area (Å²) in [6.07, 6.45) is 0.0538. The van der Waals surface area contributed by atoms with Crippen LogP contribution < -0.4 is 4.31 Å². The minimum atomic E-state index is -4.26. The lowest BCUT2D eigenvalue weighted by molar-refractivity contribution is 0.221. The van der Waals surface area contributed by atoms with E-state index < -0.39 is 23.9 Å². The second kappa shape index (κ2) is 10.8. The highest BCUT2D eigenvalue weighted by atomic mass is 35.5. The number of rotatable bonds is 10. The van der Waals surface area contributed by atoms with Crippen molar-refractivity contribution in [2.24, 2.45) is 0 Å². The van der Waals surface area contributed by atoms with Crippen LogP contribution in [0, 0.1) is 0 Å². The number of aryl methyl sites for hydroxylation is 1. The first-order valence-electron chi connectivity index (χ1n) is 10.5. The van der Waals surface area contributed by atoms with E-state index in [4.69, 9.17) is 32.2 Å². The third-order valence-corrected chi connectivity index (χ3v) is 9.28. The molecule has 0 atom stereocenters. The second-order valence-corrected chi connectivity index (χ2v) is 12.0. The molecule has 0 bridgehead atoms. The van der Waals surface area contributed by atoms with Gasteiger partial charge in [0.15, 0.2) is 0 Å². The Bertz CT molecular complexity index is 1270. The average Bonchev–Trinajstić information content (AvgIpc) is 2.76. The van der Waals surface area contributed by atoms with Crippen LogP contribution in [0.25, 0.3) is 10.8 Å². The maximum Gasteiger partial charge on any atom is 0.350 e. The summed E-state index contributed by atoms with van der Waals surface area (Å²) in [4.78, 5) is -0.116. The van der Waals surface area contributed by atoms with E-state index in [9.17, 15) is 13.0 Å². The number of fused-ring (bicyclic) bond motifs is 1. The van der Waals surface area contributed by atoms with Crippen LogP contribution in [-0.4, -0.2) is 27.9 Å². The predicted octanol–water partition coefficient (Wildman–Crippen LogP) is 7.13. The maximum atomic E-state index is 14.0. The van der Waals surface area contributed by atoms with Crippen LogP contribution in [0.1, 0.15) is 26.3 Å². The molecule has 0 aliphatic carbocycles. The number of benzene rings is 3. The minimum absolute atomic E-state index is 0.102. The lowest BCUT2D eigenvalue weighted by Gasteiger charge is -2.30. The first-order valence-corrected chi connectivity index (χ1v) is 14.4. The van der Waals surface area contributed by atoms with E-state index >= 15 is 0 Å². The normalized spacial score (nSPS) is 12.3. The Morgan fingerprint density at radius 2 is 1.52 bits per heavy atom. The zero-order valence-electron chi connectivity index (χ0n) is 18.6. The van der Waals surface area contributed by atoms with Crippen molar-refractivity contribution in [3.05, 3.63) is 70.2 Å². The van der Waals surface area contributed by atoms with Crippen LogP contribution >= 0.6 is 30.8 Å². The summed E-state index contributed by atoms with van der Waals surface area (Å²) in [5, 5.41) is 1.89. The van der Waals surface area contributed by atoms with Crippen LogP contribution in [-0.2, 0) is 30.1 Å². The summed E-state index contributed by atoms with van der Waals surface area (Å²) < 4.78 is 53.6. The van der Waals surface area contributed by atoms with Crippen LogP contribution in [0.3, 0.4) is 0 Å². The molecule has 0 aromatic heterocycles. The Labute approximate surface area is 205 Å². The molecule has 0 amide bonds. The lowest BCUT2D eigenvalue weighted by Crippen LogP contribution is -2.34. The van der Waals surface area contributed by atoms with E-state index in [1.165, 1.54) is 18.2 Å². The van der Waals surface area contributed by atoms with Crippen molar-refractivity contribution in [2.75, 3.05) is 23.8 Å². The Hall–Kier alpha value is -1.60. The van der Waals surface area contributed by atoms with Gasteiger partial charge in [0.25, 0.3) is 10.0 Å². The van der Waals surface area contributed by atoms with Crippen molar-refractivity contribution in [1.29, 1.82) is 0 Å². The molecule has 0 aliphatic rings. The fourth-order valence-corrected chi connectivity index (χ4v) is 8.05. The molecule has 0 radical (unpaired) electrons. The molecule has 3 aromatic carbocycles. The van der Waals surface area contributed by atoms with E-state index in [-0.39, 0.29) is 28.2 Å². The Morgan fingerprint density at radius 3 is 2.09 bits per heavy atom. The molecule has 0 fully saturated rings. The van der Waals surface area contributed by atoms with Crippen molar-refractivity contribution in [3.63, 3.8) is 0 Å². The number of sulfonamides is 1. The molecule has 10 heteroatoms. The zero-order chi connectivity index (χ0) is 24.2. The molecule has 0 saturated heterocycles. The molecule has 0 spiro atoms. The van der Waals surface area contributed by atoms with Gasteiger partial charge in [-0.1, -0.05) is 66.5 Å². The number of halogens is 2. The molecule has 0 unspecified atom stereocenters. The van der Waals surface area contributed by atoms with Gasteiger partial charge in [-0.15, -0.1) is 0 Å². The van der Waals surface area contributed by atoms with Gasteiger partial charge in [0.1, 0.15) is 6.29 Å². The van der Waals surface area contributed by atoms with Gasteiger partial charge in [-0.2, -0.15) is 0 Å². The third-order valence-electron chi connectivity index (χ3n) is 4.99. The topological polar surface area (TPSA) is 72.9 Å². The Morgan fingerprint density at radius 1 is 0.909 bits per heavy atom. The smallest absolute Gasteiger partial charge is 0.308 e. The molecule has 0 heterocycles. The largest absolute Gasteiger partial charge is 0.350 e. The number of hydrogen-bond acceptors (Lipinski definition) is 5. The van der Waals surface area contributed by atoms with Crippen LogP contribution in [0.2, 0.25) is 10.0 Å². The lowest BCUT2D eigenvalue weighted by atomic mass is 10.0. The maximum absolute atomic E-state index is 14.0. The molecule has 178 valence electrons. The summed E-state index contributed by atoms with van der Waals surface area (Å²) in [5.41, 5.74) is 1.19. The Kier molecular flexibility index (Phi) is 8.49. The molecule has 33 heavy (non-hydrogen) atoms. The van der Waals surface area contributed by atoms with Gasteiger partial charge in [0, 0.05) is 15.4 Å². The van der Waals surface area contributed by atoms with Gasteiger partial charge in [0.2, 0.25) is 0 Å². The van der Waals surface area contributed by atoms with Crippen LogP contribution in [0.4, 0.5) is 5.69 Å². The zero-order valence-corrected chi connectivity index (χ0v) is 21.8. The molecule has 0 N–H and O–H groups in total. The van der Waals surface area contributed by atoms with Gasteiger partial charge >= 0.3 is 7.60 Å². The van der Waals surface area contributed by atoms with Gasteiger partial charge in [-0.3, -0.25) is 8.87 Å². The standard InChI is InChI=1S/C23H26Cl2NO5PS/c1-4-17-11-12-18-9-7-8-10-22(18)23(17)26(16-32(27,30-5-2)31-6-3)33(28,29)21-14-19(24)13-20(25)15-21/h7-15H,4-6,16H2,1-3H3. The Balaban J connectivity index is 2.34. The predicted molar refractivity (Wildman–Crippen MR) is 135 cm³/mol. The molecular formula is C23H26Cl2NO5PS. The number of hydrogen-bond donors (Lipinski definition) is 0. The van der Waals surface area contributed by atoms with Gasteiger partial charge in [-0.25, -0.2) is 8.42 Å². The highest BCUT2D eigenvalue weighted by Gasteiger charge is 2.37. The monoisotopic (exact) mass is 529 g/mol. The van der Waals surface area contributed by atoms with Crippen molar-refractivity contribution >= 4 is 57.3 Å². The summed E-state index contributed by atoms with van der Waals surface area (Å²) in [7, 11) is -8.07. The highest BCUT2D eigenvalue weighted by Crippen LogP contribution is 2.51. The first-order chi connectivity index (χ1) is 15.6. The van der Waals surface area contributed by atoms with Gasteiger partial charge in [-0.05, 0) is 49.4 Å². The van der Waals surface area contributed by atoms with E-state index in [1.54, 1.807) is 13.8 Å². The second-order valence-electron chi connectivity index (χ2n) is 7.19. The highest BCUT2D eigenvalue weighted by molar-refractivity contribution is 7.93. The molecule has 3 rings (SSSR count). The van der Waals surface area contributed by atoms with Crippen LogP contribution in [0.15, 0.2) is 59.5 Å². The summed E-state index contributed by atoms with van der Waals surface area (Å²) in [6.45, 7) is 5.49. The quantitative estimate of drug-likeness (QED) is 0.261. The van der Waals surface area contributed by atoms with Gasteiger partial charge in [0.05, 0.1) is 23.8 Å². The third kappa shape index (κ3) is 5.73. The molecular weight excluding hydrogens is 504 g/mol. The van der Waals surface area contributed by atoms with Crippen LogP contribution in [0.5, 0.6) is 0 Å². The molecule has 6 nitrogen and oxygen atoms in total. The minimum Gasteiger partial charge on any atom is -0.308 e. The van der Waals surface area contributed by atoms with E-state index in [2.05, 4.69) is 0 Å². The van der Waals surface area contributed by atoms with Crippen molar-refractivity contribution < 1.29 is 22.0 Å². The van der Waals surface area contributed by atoms with Crippen molar-refractivity contribution in [1.82, 2.24) is 0 Å². The molecule has 3 aromatic rings. The van der Waals surface area contributed by atoms with E-state index in [0.717, 1.165) is 15.3 Å². The van der Waals surface area contributed by atoms with Crippen molar-refractivity contribution in [3.8, 4) is 0 Å². The summed E-state index contributed by atoms with van der Waals surface area (Å²) >= 11 is 12.2. The number of anilines is 1. The molecule has 0 aliphatic heterocycles. The number of nitrogens with zero attached hydrogens (tertiary/aromatic N) is 1. The molecule has 0 saturated carbocycles.